The fraction of sp³-hybridized carbons (Fsp3) is 0.429. The van der Waals surface area contributed by atoms with Crippen LogP contribution in [0.25, 0.3) is 0 Å². The van der Waals surface area contributed by atoms with Gasteiger partial charge in [-0.3, -0.25) is 9.69 Å². The molecule has 1 aliphatic heterocycles. The Morgan fingerprint density at radius 2 is 1.89 bits per heavy atom. The van der Waals surface area contributed by atoms with Crippen LogP contribution in [-0.4, -0.2) is 43.0 Å². The second kappa shape index (κ2) is 9.21. The van der Waals surface area contributed by atoms with Gasteiger partial charge in [0.15, 0.2) is 0 Å². The minimum Gasteiger partial charge on any atom is -0.337 e. The molecule has 0 unspecified atom stereocenters. The van der Waals surface area contributed by atoms with Gasteiger partial charge in [0.05, 0.1) is 6.54 Å². The predicted octanol–water partition coefficient (Wildman–Crippen LogP) is 2.97. The van der Waals surface area contributed by atoms with Gasteiger partial charge in [-0.05, 0) is 55.3 Å². The molecule has 1 aromatic carbocycles. The number of aryl methyl sites for hydroxylation is 3. The molecule has 0 saturated carbocycles. The highest BCUT2D eigenvalue weighted by Crippen LogP contribution is 2.23. The van der Waals surface area contributed by atoms with Crippen LogP contribution in [0.5, 0.6) is 0 Å². The Morgan fingerprint density at radius 1 is 1.14 bits per heavy atom. The quantitative estimate of drug-likeness (QED) is 0.698. The molecule has 7 heteroatoms. The van der Waals surface area contributed by atoms with Crippen LogP contribution >= 0.6 is 11.3 Å². The van der Waals surface area contributed by atoms with E-state index in [9.17, 15) is 9.59 Å². The number of hydrogen-bond acceptors (Lipinski definition) is 4. The van der Waals surface area contributed by atoms with E-state index in [4.69, 9.17) is 0 Å². The highest BCUT2D eigenvalue weighted by atomic mass is 32.1. The molecular formula is C21H28N4O2S. The van der Waals surface area contributed by atoms with Crippen molar-refractivity contribution >= 4 is 29.0 Å². The summed E-state index contributed by atoms with van der Waals surface area (Å²) in [5.41, 5.74) is 5.42. The van der Waals surface area contributed by atoms with Crippen LogP contribution in [0.15, 0.2) is 23.6 Å². The van der Waals surface area contributed by atoms with E-state index < -0.39 is 0 Å². The van der Waals surface area contributed by atoms with Gasteiger partial charge in [0, 0.05) is 36.7 Å². The van der Waals surface area contributed by atoms with Crippen molar-refractivity contribution in [3.8, 4) is 0 Å². The standard InChI is InChI=1S/C21H28N4O2S/c1-14-10-15(2)20(16(3)11-14)24-19(26)12-23-21(27)22-6-8-25-7-4-18-17(13-25)5-9-28-18/h5,9-11H,4,6-8,12-13H2,1-3H3,(H,24,26)(H2,22,23,27). The number of nitrogens with one attached hydrogen (secondary N) is 3. The lowest BCUT2D eigenvalue weighted by molar-refractivity contribution is -0.115. The molecule has 150 valence electrons. The summed E-state index contributed by atoms with van der Waals surface area (Å²) in [6.45, 7) is 9.24. The number of carbonyl (C=O) groups is 2. The lowest BCUT2D eigenvalue weighted by atomic mass is 10.1. The van der Waals surface area contributed by atoms with Crippen LogP contribution in [0.4, 0.5) is 10.5 Å². The van der Waals surface area contributed by atoms with Gasteiger partial charge in [-0.1, -0.05) is 17.7 Å². The normalized spacial score (nSPS) is 13.7. The number of benzene rings is 1. The molecule has 2 heterocycles. The van der Waals surface area contributed by atoms with E-state index in [2.05, 4.69) is 32.3 Å². The van der Waals surface area contributed by atoms with Crippen molar-refractivity contribution in [2.75, 3.05) is 31.5 Å². The minimum atomic E-state index is -0.319. The van der Waals surface area contributed by atoms with Crippen LogP contribution < -0.4 is 16.0 Å². The summed E-state index contributed by atoms with van der Waals surface area (Å²) in [5, 5.41) is 10.5. The first-order valence-electron chi connectivity index (χ1n) is 9.59. The highest BCUT2D eigenvalue weighted by Gasteiger charge is 2.17. The van der Waals surface area contributed by atoms with E-state index in [-0.39, 0.29) is 18.5 Å². The second-order valence-corrected chi connectivity index (χ2v) is 8.33. The van der Waals surface area contributed by atoms with E-state index in [1.807, 2.05) is 44.2 Å². The zero-order chi connectivity index (χ0) is 20.1. The first kappa shape index (κ1) is 20.4. The van der Waals surface area contributed by atoms with Crippen LogP contribution in [-0.2, 0) is 17.8 Å². The number of urea groups is 1. The maximum atomic E-state index is 12.2. The topological polar surface area (TPSA) is 73.5 Å². The Bertz CT molecular complexity index is 839. The Morgan fingerprint density at radius 3 is 2.64 bits per heavy atom. The number of hydrogen-bond donors (Lipinski definition) is 3. The fourth-order valence-electron chi connectivity index (χ4n) is 3.61. The molecule has 3 N–H and O–H groups in total. The lowest BCUT2D eigenvalue weighted by Gasteiger charge is -2.26. The summed E-state index contributed by atoms with van der Waals surface area (Å²) in [7, 11) is 0. The Labute approximate surface area is 170 Å². The summed E-state index contributed by atoms with van der Waals surface area (Å²) in [6, 6.07) is 5.92. The molecule has 0 bridgehead atoms. The molecule has 0 saturated heterocycles. The summed E-state index contributed by atoms with van der Waals surface area (Å²) in [6.07, 6.45) is 1.08. The van der Waals surface area contributed by atoms with Gasteiger partial charge in [0.1, 0.15) is 0 Å². The first-order valence-corrected chi connectivity index (χ1v) is 10.5. The third-order valence-corrected chi connectivity index (χ3v) is 5.97. The van der Waals surface area contributed by atoms with Crippen molar-refractivity contribution in [1.29, 1.82) is 0 Å². The average Bonchev–Trinajstić information content (AvgIpc) is 3.11. The van der Waals surface area contributed by atoms with Gasteiger partial charge in [-0.15, -0.1) is 11.3 Å². The van der Waals surface area contributed by atoms with Gasteiger partial charge < -0.3 is 16.0 Å². The number of anilines is 1. The van der Waals surface area contributed by atoms with Crippen molar-refractivity contribution in [1.82, 2.24) is 15.5 Å². The molecule has 0 spiro atoms. The van der Waals surface area contributed by atoms with Gasteiger partial charge in [0.25, 0.3) is 0 Å². The number of rotatable bonds is 6. The predicted molar refractivity (Wildman–Crippen MR) is 114 cm³/mol. The number of thiophene rings is 1. The van der Waals surface area contributed by atoms with Gasteiger partial charge in [-0.2, -0.15) is 0 Å². The number of nitrogens with zero attached hydrogens (tertiary/aromatic N) is 1. The van der Waals surface area contributed by atoms with Crippen LogP contribution in [0, 0.1) is 20.8 Å². The maximum Gasteiger partial charge on any atom is 0.315 e. The van der Waals surface area contributed by atoms with Crippen LogP contribution in [0.2, 0.25) is 0 Å². The molecule has 0 atom stereocenters. The Kier molecular flexibility index (Phi) is 6.70. The van der Waals surface area contributed by atoms with Crippen molar-refractivity contribution in [3.05, 3.63) is 50.7 Å². The molecular weight excluding hydrogens is 372 g/mol. The van der Waals surface area contributed by atoms with Gasteiger partial charge >= 0.3 is 6.03 Å². The summed E-state index contributed by atoms with van der Waals surface area (Å²) in [4.78, 5) is 27.9. The number of fused-ring (bicyclic) bond motifs is 1. The molecule has 3 amide bonds. The van der Waals surface area contributed by atoms with Crippen LogP contribution in [0.1, 0.15) is 27.1 Å². The van der Waals surface area contributed by atoms with Crippen molar-refractivity contribution in [2.24, 2.45) is 0 Å². The molecule has 0 aliphatic carbocycles. The zero-order valence-corrected chi connectivity index (χ0v) is 17.5. The van der Waals surface area contributed by atoms with E-state index >= 15 is 0 Å². The van der Waals surface area contributed by atoms with Crippen molar-refractivity contribution < 1.29 is 9.59 Å². The van der Waals surface area contributed by atoms with Crippen LogP contribution in [0.3, 0.4) is 0 Å². The maximum absolute atomic E-state index is 12.2. The largest absolute Gasteiger partial charge is 0.337 e. The van der Waals surface area contributed by atoms with E-state index in [1.54, 1.807) is 0 Å². The molecule has 6 nitrogen and oxygen atoms in total. The zero-order valence-electron chi connectivity index (χ0n) is 16.7. The molecule has 1 aromatic heterocycles. The molecule has 3 rings (SSSR count). The SMILES string of the molecule is Cc1cc(C)c(NC(=O)CNC(=O)NCCN2CCc3sccc3C2)c(C)c1. The van der Waals surface area contributed by atoms with E-state index in [0.717, 1.165) is 48.4 Å². The van der Waals surface area contributed by atoms with Crippen molar-refractivity contribution in [2.45, 2.75) is 33.7 Å². The number of amides is 3. The average molecular weight is 401 g/mol. The molecule has 0 radical (unpaired) electrons. The lowest BCUT2D eigenvalue weighted by Crippen LogP contribution is -2.43. The van der Waals surface area contributed by atoms with Gasteiger partial charge in [0.2, 0.25) is 5.91 Å². The molecule has 0 fully saturated rings. The molecule has 1 aliphatic rings. The minimum absolute atomic E-state index is 0.0550. The third kappa shape index (κ3) is 5.33. The summed E-state index contributed by atoms with van der Waals surface area (Å²) in [5.74, 6) is -0.230. The summed E-state index contributed by atoms with van der Waals surface area (Å²) >= 11 is 1.82. The third-order valence-electron chi connectivity index (χ3n) is 4.95. The number of carbonyl (C=O) groups excluding carboxylic acids is 2. The highest BCUT2D eigenvalue weighted by molar-refractivity contribution is 7.10. The Hall–Kier alpha value is -2.38. The smallest absolute Gasteiger partial charge is 0.315 e. The van der Waals surface area contributed by atoms with Gasteiger partial charge in [-0.25, -0.2) is 4.79 Å². The molecule has 2 aromatic rings. The second-order valence-electron chi connectivity index (χ2n) is 7.33. The Balaban J connectivity index is 1.36. The van der Waals surface area contributed by atoms with E-state index in [1.165, 1.54) is 10.4 Å². The molecule has 28 heavy (non-hydrogen) atoms. The van der Waals surface area contributed by atoms with E-state index in [0.29, 0.717) is 6.54 Å². The summed E-state index contributed by atoms with van der Waals surface area (Å²) < 4.78 is 0. The fourth-order valence-corrected chi connectivity index (χ4v) is 4.50. The monoisotopic (exact) mass is 400 g/mol. The first-order chi connectivity index (χ1) is 13.4. The van der Waals surface area contributed by atoms with Crippen molar-refractivity contribution in [3.63, 3.8) is 0 Å².